The normalized spacial score (nSPS) is 12.8. The molecule has 8 aromatic carbocycles. The van der Waals surface area contributed by atoms with Crippen LogP contribution in [0.25, 0.3) is 38.6 Å². The molecule has 10 rings (SSSR count). The van der Waals surface area contributed by atoms with E-state index >= 15 is 0 Å². The van der Waals surface area contributed by atoms with E-state index in [1.807, 2.05) is 0 Å². The summed E-state index contributed by atoms with van der Waals surface area (Å²) in [6, 6.07) is 72.6. The number of fused-ring (bicyclic) bond motifs is 6. The zero-order chi connectivity index (χ0) is 36.2. The molecule has 258 valence electrons. The fraction of sp³-hybridized carbons (Fsp3) is 0.0588. The molecule has 0 saturated heterocycles. The number of hydrogen-bond acceptors (Lipinski definition) is 2. The lowest BCUT2D eigenvalue weighted by molar-refractivity contribution is 0.660. The minimum absolute atomic E-state index is 0.137. The van der Waals surface area contributed by atoms with Crippen molar-refractivity contribution in [1.82, 2.24) is 4.57 Å². The minimum Gasteiger partial charge on any atom is -0.310 e. The van der Waals surface area contributed by atoms with Crippen molar-refractivity contribution in [1.29, 1.82) is 0 Å². The molecule has 0 spiro atoms. The molecule has 1 aromatic heterocycles. The molecule has 0 N–H and O–H groups in total. The Balaban J connectivity index is 1.37. The second-order valence-electron chi connectivity index (χ2n) is 14.6. The first kappa shape index (κ1) is 31.9. The molecule has 9 aromatic rings. The van der Waals surface area contributed by atoms with Crippen LogP contribution in [0.4, 0.5) is 34.1 Å². The van der Waals surface area contributed by atoms with E-state index in [1.54, 1.807) is 0 Å². The molecule has 0 bridgehead atoms. The summed E-state index contributed by atoms with van der Waals surface area (Å²) in [6.45, 7) is 4.72. The van der Waals surface area contributed by atoms with Crippen molar-refractivity contribution >= 4 is 55.9 Å². The summed E-state index contributed by atoms with van der Waals surface area (Å²) in [4.78, 5) is 4.89. The van der Waals surface area contributed by atoms with Gasteiger partial charge in [0.25, 0.3) is 0 Å². The van der Waals surface area contributed by atoms with Crippen LogP contribution in [-0.4, -0.2) is 4.57 Å². The van der Waals surface area contributed by atoms with Crippen molar-refractivity contribution in [2.75, 3.05) is 9.80 Å². The van der Waals surface area contributed by atoms with E-state index in [4.69, 9.17) is 0 Å². The second-order valence-corrected chi connectivity index (χ2v) is 14.6. The standard InChI is InChI=1S/C51H39N3/c1-51(2)43-30-17-15-28-41(43)49-44(51)31-19-33-46(49)54(39-26-13-6-14-27-39)48-35-40(52(36-20-7-3-8-21-36)37-22-9-4-10-23-37)34-47-50(48)42-29-16-18-32-45(42)53(47)38-24-11-5-12-25-38/h3-35H,1-2H3. The first-order chi connectivity index (χ1) is 26.6. The Labute approximate surface area is 316 Å². The van der Waals surface area contributed by atoms with Gasteiger partial charge in [0.05, 0.1) is 28.1 Å². The SMILES string of the molecule is CC1(C)c2ccccc2-c2c(N(c3ccccc3)c3cc(N(c4ccccc4)c4ccccc4)cc4c3c3ccccc3n4-c3ccccc3)cccc21. The lowest BCUT2D eigenvalue weighted by Gasteiger charge is -2.32. The summed E-state index contributed by atoms with van der Waals surface area (Å²) < 4.78 is 2.43. The molecule has 1 heterocycles. The van der Waals surface area contributed by atoms with Crippen molar-refractivity contribution in [3.05, 3.63) is 211 Å². The fourth-order valence-corrected chi connectivity index (χ4v) is 8.73. The molecular weight excluding hydrogens is 655 g/mol. The number of para-hydroxylation sites is 5. The van der Waals surface area contributed by atoms with Crippen LogP contribution < -0.4 is 9.80 Å². The van der Waals surface area contributed by atoms with E-state index in [1.165, 1.54) is 38.5 Å². The Bertz CT molecular complexity index is 2750. The van der Waals surface area contributed by atoms with Crippen LogP contribution in [0.15, 0.2) is 200 Å². The topological polar surface area (TPSA) is 11.4 Å². The third kappa shape index (κ3) is 4.97. The molecule has 0 atom stereocenters. The van der Waals surface area contributed by atoms with Gasteiger partial charge in [0, 0.05) is 44.5 Å². The minimum atomic E-state index is -0.137. The van der Waals surface area contributed by atoms with Crippen LogP contribution in [-0.2, 0) is 5.41 Å². The molecular formula is C51H39N3. The Hall–Kier alpha value is -6.84. The predicted molar refractivity (Wildman–Crippen MR) is 228 cm³/mol. The van der Waals surface area contributed by atoms with E-state index in [0.29, 0.717) is 0 Å². The third-order valence-corrected chi connectivity index (χ3v) is 11.1. The van der Waals surface area contributed by atoms with Gasteiger partial charge in [-0.25, -0.2) is 0 Å². The summed E-state index contributed by atoms with van der Waals surface area (Å²) in [7, 11) is 0. The van der Waals surface area contributed by atoms with Gasteiger partial charge in [-0.15, -0.1) is 0 Å². The summed E-state index contributed by atoms with van der Waals surface area (Å²) in [5.41, 5.74) is 15.2. The molecule has 3 nitrogen and oxygen atoms in total. The summed E-state index contributed by atoms with van der Waals surface area (Å²) in [6.07, 6.45) is 0. The zero-order valence-electron chi connectivity index (χ0n) is 30.4. The molecule has 0 radical (unpaired) electrons. The average molecular weight is 694 g/mol. The van der Waals surface area contributed by atoms with E-state index in [2.05, 4.69) is 228 Å². The van der Waals surface area contributed by atoms with Gasteiger partial charge in [-0.2, -0.15) is 0 Å². The Kier molecular flexibility index (Phi) is 7.48. The summed E-state index contributed by atoms with van der Waals surface area (Å²) >= 11 is 0. The van der Waals surface area contributed by atoms with Crippen LogP contribution in [0.5, 0.6) is 0 Å². The zero-order valence-corrected chi connectivity index (χ0v) is 30.4. The van der Waals surface area contributed by atoms with Gasteiger partial charge >= 0.3 is 0 Å². The lowest BCUT2D eigenvalue weighted by atomic mass is 9.82. The maximum atomic E-state index is 2.51. The maximum absolute atomic E-state index is 2.51. The van der Waals surface area contributed by atoms with Gasteiger partial charge in [0.1, 0.15) is 0 Å². The Morgan fingerprint density at radius 1 is 0.407 bits per heavy atom. The molecule has 0 fully saturated rings. The highest BCUT2D eigenvalue weighted by molar-refractivity contribution is 6.18. The molecule has 54 heavy (non-hydrogen) atoms. The molecule has 3 heteroatoms. The van der Waals surface area contributed by atoms with Gasteiger partial charge < -0.3 is 14.4 Å². The predicted octanol–water partition coefficient (Wildman–Crippen LogP) is 14.0. The van der Waals surface area contributed by atoms with Crippen molar-refractivity contribution < 1.29 is 0 Å². The summed E-state index contributed by atoms with van der Waals surface area (Å²) in [5, 5.41) is 2.41. The maximum Gasteiger partial charge on any atom is 0.0583 e. The van der Waals surface area contributed by atoms with Crippen LogP contribution >= 0.6 is 0 Å². The van der Waals surface area contributed by atoms with Crippen molar-refractivity contribution in [3.63, 3.8) is 0 Å². The summed E-state index contributed by atoms with van der Waals surface area (Å²) in [5.74, 6) is 0. The first-order valence-electron chi connectivity index (χ1n) is 18.7. The van der Waals surface area contributed by atoms with Gasteiger partial charge in [-0.1, -0.05) is 141 Å². The number of nitrogens with zero attached hydrogens (tertiary/aromatic N) is 3. The van der Waals surface area contributed by atoms with Crippen LogP contribution in [0.1, 0.15) is 25.0 Å². The number of hydrogen-bond donors (Lipinski definition) is 0. The highest BCUT2D eigenvalue weighted by Crippen LogP contribution is 2.56. The van der Waals surface area contributed by atoms with Gasteiger partial charge in [-0.3, -0.25) is 0 Å². The number of benzene rings is 8. The van der Waals surface area contributed by atoms with Crippen LogP contribution in [0, 0.1) is 0 Å². The molecule has 0 amide bonds. The van der Waals surface area contributed by atoms with E-state index in [9.17, 15) is 0 Å². The van der Waals surface area contributed by atoms with E-state index in [0.717, 1.165) is 45.3 Å². The number of rotatable bonds is 7. The Morgan fingerprint density at radius 3 is 1.61 bits per heavy atom. The molecule has 1 aliphatic carbocycles. The van der Waals surface area contributed by atoms with Gasteiger partial charge in [-0.05, 0) is 89.5 Å². The average Bonchev–Trinajstić information content (AvgIpc) is 3.68. The lowest BCUT2D eigenvalue weighted by Crippen LogP contribution is -2.16. The second kappa shape index (κ2) is 12.7. The highest BCUT2D eigenvalue weighted by Gasteiger charge is 2.38. The number of anilines is 6. The largest absolute Gasteiger partial charge is 0.310 e. The van der Waals surface area contributed by atoms with Gasteiger partial charge in [0.2, 0.25) is 0 Å². The van der Waals surface area contributed by atoms with E-state index < -0.39 is 0 Å². The molecule has 0 aliphatic heterocycles. The first-order valence-corrected chi connectivity index (χ1v) is 18.7. The van der Waals surface area contributed by atoms with Crippen LogP contribution in [0.2, 0.25) is 0 Å². The van der Waals surface area contributed by atoms with Crippen LogP contribution in [0.3, 0.4) is 0 Å². The molecule has 1 aliphatic rings. The smallest absolute Gasteiger partial charge is 0.0583 e. The van der Waals surface area contributed by atoms with Gasteiger partial charge in [0.15, 0.2) is 0 Å². The van der Waals surface area contributed by atoms with Crippen molar-refractivity contribution in [2.24, 2.45) is 0 Å². The van der Waals surface area contributed by atoms with E-state index in [-0.39, 0.29) is 5.41 Å². The van der Waals surface area contributed by atoms with Crippen molar-refractivity contribution in [2.45, 2.75) is 19.3 Å². The fourth-order valence-electron chi connectivity index (χ4n) is 8.73. The quantitative estimate of drug-likeness (QED) is 0.165. The molecule has 0 saturated carbocycles. The highest BCUT2D eigenvalue weighted by atomic mass is 15.2. The Morgan fingerprint density at radius 2 is 0.944 bits per heavy atom. The van der Waals surface area contributed by atoms with Crippen molar-refractivity contribution in [3.8, 4) is 16.8 Å². The number of aromatic nitrogens is 1. The molecule has 0 unspecified atom stereocenters. The monoisotopic (exact) mass is 693 g/mol. The third-order valence-electron chi connectivity index (χ3n) is 11.1.